The van der Waals surface area contributed by atoms with E-state index in [1.807, 2.05) is 24.3 Å². The third-order valence-corrected chi connectivity index (χ3v) is 3.73. The number of hydrogen-bond acceptors (Lipinski definition) is 2. The number of benzene rings is 2. The Hall–Kier alpha value is -2.48. The summed E-state index contributed by atoms with van der Waals surface area (Å²) in [6.07, 6.45) is 3.27. The Labute approximate surface area is 124 Å². The third kappa shape index (κ3) is 2.70. The lowest BCUT2D eigenvalue weighted by Crippen LogP contribution is -1.99. The number of aromatic nitrogens is 1. The molecule has 3 aromatic rings. The maximum Gasteiger partial charge on any atom is 0.127 e. The molecule has 0 fully saturated rings. The highest BCUT2D eigenvalue weighted by Crippen LogP contribution is 2.26. The molecule has 0 saturated carbocycles. The lowest BCUT2D eigenvalue weighted by atomic mass is 9.96. The smallest absolute Gasteiger partial charge is 0.127 e. The lowest BCUT2D eigenvalue weighted by Gasteiger charge is -2.09. The van der Waals surface area contributed by atoms with Gasteiger partial charge in [0.15, 0.2) is 0 Å². The van der Waals surface area contributed by atoms with Gasteiger partial charge in [-0.2, -0.15) is 0 Å². The van der Waals surface area contributed by atoms with Gasteiger partial charge in [0.2, 0.25) is 0 Å². The van der Waals surface area contributed by atoms with Crippen molar-refractivity contribution in [1.82, 2.24) is 4.98 Å². The summed E-state index contributed by atoms with van der Waals surface area (Å²) in [4.78, 5) is 15.5. The topological polar surface area (TPSA) is 30.0 Å². The normalized spacial score (nSPS) is 12.2. The van der Waals surface area contributed by atoms with Gasteiger partial charge in [-0.3, -0.25) is 4.98 Å². The van der Waals surface area contributed by atoms with E-state index >= 15 is 0 Å². The van der Waals surface area contributed by atoms with Crippen LogP contribution in [0.25, 0.3) is 22.0 Å². The highest BCUT2D eigenvalue weighted by Gasteiger charge is 2.09. The lowest BCUT2D eigenvalue weighted by molar-refractivity contribution is -0.109. The summed E-state index contributed by atoms with van der Waals surface area (Å²) < 4.78 is 0. The largest absolute Gasteiger partial charge is 0.303 e. The van der Waals surface area contributed by atoms with E-state index in [0.717, 1.165) is 23.1 Å². The average molecular weight is 274 g/mol. The highest BCUT2D eigenvalue weighted by atomic mass is 16.1. The van der Waals surface area contributed by atoms with Crippen LogP contribution in [0.3, 0.4) is 0 Å². The summed E-state index contributed by atoms with van der Waals surface area (Å²) in [5, 5.41) is 2.40. The Kier molecular flexibility index (Phi) is 3.78. The molecule has 2 heteroatoms. The molecule has 3 rings (SSSR count). The van der Waals surface area contributed by atoms with Gasteiger partial charge in [-0.1, -0.05) is 43.3 Å². The first-order valence-corrected chi connectivity index (χ1v) is 7.01. The summed E-state index contributed by atoms with van der Waals surface area (Å²) in [6.45, 7) is 3.82. The number of hydrogen-bond donors (Lipinski definition) is 0. The second kappa shape index (κ2) is 5.88. The van der Waals surface area contributed by atoms with Gasteiger partial charge in [-0.05, 0) is 41.0 Å². The molecule has 21 heavy (non-hydrogen) atoms. The van der Waals surface area contributed by atoms with E-state index in [0.29, 0.717) is 6.42 Å². The van der Waals surface area contributed by atoms with Crippen LogP contribution in [0, 0.1) is 6.92 Å². The fourth-order valence-corrected chi connectivity index (χ4v) is 2.50. The van der Waals surface area contributed by atoms with Crippen LogP contribution >= 0.6 is 0 Å². The van der Waals surface area contributed by atoms with Gasteiger partial charge in [0.25, 0.3) is 0 Å². The number of carbonyl (C=O) groups is 1. The quantitative estimate of drug-likeness (QED) is 0.660. The van der Waals surface area contributed by atoms with Crippen LogP contribution in [0.15, 0.2) is 60.8 Å². The Balaban J connectivity index is 2.05. The molecule has 0 aliphatic heterocycles. The minimum absolute atomic E-state index is 0.160. The van der Waals surface area contributed by atoms with Crippen molar-refractivity contribution in [1.29, 1.82) is 0 Å². The fraction of sp³-hybridized carbons (Fsp3) is 0.105. The number of rotatable bonds is 4. The standard InChI is InChI=1S/C19H16NO/c1-2-14(13-21)17-9-10-20-19(12-17)18-8-7-15-5-3-4-6-16(15)11-18/h3-14H,1-2H2. The molecule has 2 aromatic carbocycles. The minimum atomic E-state index is -0.160. The van der Waals surface area contributed by atoms with Gasteiger partial charge < -0.3 is 4.79 Å². The summed E-state index contributed by atoms with van der Waals surface area (Å²) in [7, 11) is 0. The molecule has 0 aliphatic carbocycles. The fourth-order valence-electron chi connectivity index (χ4n) is 2.50. The van der Waals surface area contributed by atoms with Gasteiger partial charge in [-0.15, -0.1) is 0 Å². The van der Waals surface area contributed by atoms with Crippen molar-refractivity contribution >= 4 is 17.1 Å². The molecule has 0 aliphatic rings. The molecule has 0 saturated heterocycles. The third-order valence-electron chi connectivity index (χ3n) is 3.73. The zero-order chi connectivity index (χ0) is 14.7. The molecule has 1 aromatic heterocycles. The van der Waals surface area contributed by atoms with E-state index in [-0.39, 0.29) is 5.92 Å². The molecule has 0 N–H and O–H groups in total. The maximum absolute atomic E-state index is 11.1. The summed E-state index contributed by atoms with van der Waals surface area (Å²) in [6, 6.07) is 18.4. The molecule has 0 bridgehead atoms. The maximum atomic E-state index is 11.1. The SMILES string of the molecule is [CH2]CC(C=O)c1ccnc(-c2ccc3ccccc3c2)c1. The van der Waals surface area contributed by atoms with Crippen molar-refractivity contribution < 1.29 is 4.79 Å². The first-order chi connectivity index (χ1) is 10.3. The van der Waals surface area contributed by atoms with Gasteiger partial charge in [-0.25, -0.2) is 0 Å². The van der Waals surface area contributed by atoms with Crippen LogP contribution in [0.2, 0.25) is 0 Å². The van der Waals surface area contributed by atoms with Gasteiger partial charge in [0, 0.05) is 17.7 Å². The zero-order valence-electron chi connectivity index (χ0n) is 11.7. The van der Waals surface area contributed by atoms with E-state index in [9.17, 15) is 4.79 Å². The molecule has 1 unspecified atom stereocenters. The number of fused-ring (bicyclic) bond motifs is 1. The molecule has 1 atom stereocenters. The molecular weight excluding hydrogens is 258 g/mol. The molecule has 1 radical (unpaired) electrons. The molecular formula is C19H16NO. The molecule has 103 valence electrons. The van der Waals surface area contributed by atoms with Gasteiger partial charge >= 0.3 is 0 Å². The van der Waals surface area contributed by atoms with Crippen molar-refractivity contribution in [2.45, 2.75) is 12.3 Å². The van der Waals surface area contributed by atoms with Gasteiger partial charge in [0.1, 0.15) is 6.29 Å². The first kappa shape index (κ1) is 13.5. The molecule has 1 heterocycles. The van der Waals surface area contributed by atoms with E-state index < -0.39 is 0 Å². The second-order valence-corrected chi connectivity index (χ2v) is 5.07. The number of carbonyl (C=O) groups excluding carboxylic acids is 1. The average Bonchev–Trinajstić information content (AvgIpc) is 2.56. The van der Waals surface area contributed by atoms with Crippen LogP contribution in [0.5, 0.6) is 0 Å². The van der Waals surface area contributed by atoms with Crippen LogP contribution < -0.4 is 0 Å². The summed E-state index contributed by atoms with van der Waals surface area (Å²) >= 11 is 0. The van der Waals surface area contributed by atoms with Crippen LogP contribution in [0.1, 0.15) is 17.9 Å². The second-order valence-electron chi connectivity index (χ2n) is 5.07. The Morgan fingerprint density at radius 3 is 2.62 bits per heavy atom. The number of aldehydes is 1. The number of nitrogens with zero attached hydrogens (tertiary/aromatic N) is 1. The highest BCUT2D eigenvalue weighted by molar-refractivity contribution is 5.86. The van der Waals surface area contributed by atoms with Crippen LogP contribution in [-0.4, -0.2) is 11.3 Å². The van der Waals surface area contributed by atoms with E-state index in [1.165, 1.54) is 10.8 Å². The van der Waals surface area contributed by atoms with Gasteiger partial charge in [0.05, 0.1) is 5.69 Å². The number of pyridine rings is 1. The van der Waals surface area contributed by atoms with Crippen molar-refractivity contribution in [2.75, 3.05) is 0 Å². The van der Waals surface area contributed by atoms with Crippen molar-refractivity contribution in [3.63, 3.8) is 0 Å². The van der Waals surface area contributed by atoms with Crippen molar-refractivity contribution in [3.8, 4) is 11.3 Å². The van der Waals surface area contributed by atoms with Crippen LogP contribution in [-0.2, 0) is 4.79 Å². The Morgan fingerprint density at radius 2 is 1.86 bits per heavy atom. The van der Waals surface area contributed by atoms with E-state index in [4.69, 9.17) is 0 Å². The first-order valence-electron chi connectivity index (χ1n) is 7.01. The molecule has 0 amide bonds. The predicted molar refractivity (Wildman–Crippen MR) is 86.0 cm³/mol. The van der Waals surface area contributed by atoms with Crippen molar-refractivity contribution in [3.05, 3.63) is 73.3 Å². The van der Waals surface area contributed by atoms with E-state index in [1.54, 1.807) is 6.20 Å². The van der Waals surface area contributed by atoms with Crippen molar-refractivity contribution in [2.24, 2.45) is 0 Å². The molecule has 2 nitrogen and oxygen atoms in total. The summed E-state index contributed by atoms with van der Waals surface area (Å²) in [5.74, 6) is -0.160. The summed E-state index contributed by atoms with van der Waals surface area (Å²) in [5.41, 5.74) is 2.92. The van der Waals surface area contributed by atoms with Crippen LogP contribution in [0.4, 0.5) is 0 Å². The van der Waals surface area contributed by atoms with E-state index in [2.05, 4.69) is 42.2 Å². The predicted octanol–water partition coefficient (Wildman–Crippen LogP) is 4.41. The monoisotopic (exact) mass is 274 g/mol. The zero-order valence-corrected chi connectivity index (χ0v) is 11.7. The Morgan fingerprint density at radius 1 is 1.05 bits per heavy atom. The Bertz CT molecular complexity index is 779. The molecule has 0 spiro atoms. The minimum Gasteiger partial charge on any atom is -0.303 e.